The Bertz CT molecular complexity index is 581. The van der Waals surface area contributed by atoms with Gasteiger partial charge in [-0.15, -0.1) is 0 Å². The van der Waals surface area contributed by atoms with E-state index in [1.54, 1.807) is 6.92 Å². The van der Waals surface area contributed by atoms with Crippen molar-refractivity contribution in [2.24, 2.45) is 0 Å². The number of fused-ring (bicyclic) bond motifs is 1. The second-order valence-electron chi connectivity index (χ2n) is 3.75. The fourth-order valence-corrected chi connectivity index (χ4v) is 2.57. The van der Waals surface area contributed by atoms with Crippen LogP contribution in [0.1, 0.15) is 18.4 Å². The van der Waals surface area contributed by atoms with Crippen LogP contribution in [0.25, 0.3) is 0 Å². The molecule has 1 unspecified atom stereocenters. The van der Waals surface area contributed by atoms with Crippen molar-refractivity contribution in [3.8, 4) is 5.75 Å². The van der Waals surface area contributed by atoms with Crippen LogP contribution in [0.4, 0.5) is 0 Å². The smallest absolute Gasteiger partial charge is 0.317 e. The quantitative estimate of drug-likeness (QED) is 0.625. The van der Waals surface area contributed by atoms with Crippen LogP contribution in [0.2, 0.25) is 0 Å². The number of benzene rings is 1. The normalized spacial score (nSPS) is 18.0. The van der Waals surface area contributed by atoms with Gasteiger partial charge in [0.2, 0.25) is 0 Å². The lowest BCUT2D eigenvalue weighted by Gasteiger charge is -2.08. The Labute approximate surface area is 109 Å². The second kappa shape index (κ2) is 4.78. The maximum atomic E-state index is 11.7. The number of carbonyl (C=O) groups is 1. The van der Waals surface area contributed by atoms with Crippen LogP contribution < -0.4 is 4.74 Å². The molecule has 0 bridgehead atoms. The van der Waals surface area contributed by atoms with Gasteiger partial charge in [0, 0.05) is 16.2 Å². The van der Waals surface area contributed by atoms with Gasteiger partial charge in [-0.1, -0.05) is 0 Å². The Morgan fingerprint density at radius 3 is 2.89 bits per heavy atom. The molecule has 0 saturated heterocycles. The van der Waals surface area contributed by atoms with Gasteiger partial charge in [-0.2, -0.15) is 0 Å². The van der Waals surface area contributed by atoms with Gasteiger partial charge < -0.3 is 9.47 Å². The Kier molecular flexibility index (Phi) is 3.49. The summed E-state index contributed by atoms with van der Waals surface area (Å²) in [5.74, 6) is -0.546. The van der Waals surface area contributed by atoms with E-state index in [-0.39, 0.29) is 18.1 Å². The van der Waals surface area contributed by atoms with Crippen molar-refractivity contribution < 1.29 is 22.7 Å². The molecule has 0 amide bonds. The zero-order valence-corrected chi connectivity index (χ0v) is 11.1. The summed E-state index contributed by atoms with van der Waals surface area (Å²) in [5.41, 5.74) is 0.496. The average Bonchev–Trinajstić information content (AvgIpc) is 2.70. The van der Waals surface area contributed by atoms with E-state index >= 15 is 0 Å². The third kappa shape index (κ3) is 2.44. The van der Waals surface area contributed by atoms with Crippen LogP contribution in [0, 0.1) is 0 Å². The molecule has 1 atom stereocenters. The van der Waals surface area contributed by atoms with Gasteiger partial charge in [-0.25, -0.2) is 8.42 Å². The van der Waals surface area contributed by atoms with E-state index in [9.17, 15) is 13.2 Å². The summed E-state index contributed by atoms with van der Waals surface area (Å²) in [6, 6.07) is 4.19. The predicted octanol–water partition coefficient (Wildman–Crippen LogP) is 1.65. The number of rotatable bonds is 3. The predicted molar refractivity (Wildman–Crippen MR) is 64.3 cm³/mol. The first-order chi connectivity index (χ1) is 8.43. The minimum atomic E-state index is -3.82. The van der Waals surface area contributed by atoms with Gasteiger partial charge in [0.05, 0.1) is 11.5 Å². The Balaban J connectivity index is 2.39. The van der Waals surface area contributed by atoms with Crippen LogP contribution in [-0.2, 0) is 18.6 Å². The van der Waals surface area contributed by atoms with Crippen molar-refractivity contribution in [1.82, 2.24) is 0 Å². The lowest BCUT2D eigenvalue weighted by Crippen LogP contribution is -2.17. The maximum absolute atomic E-state index is 11.7. The number of hydrogen-bond donors (Lipinski definition) is 0. The highest BCUT2D eigenvalue weighted by Crippen LogP contribution is 2.36. The molecule has 1 aliphatic rings. The SMILES string of the molecule is CCOC(=O)C1COc2ccc(S(=O)(=O)Cl)cc21. The Hall–Kier alpha value is -1.27. The maximum Gasteiger partial charge on any atom is 0.317 e. The summed E-state index contributed by atoms with van der Waals surface area (Å²) in [7, 11) is 1.44. The molecule has 2 rings (SSSR count). The second-order valence-corrected chi connectivity index (χ2v) is 6.32. The number of ether oxygens (including phenoxy) is 2. The first kappa shape index (κ1) is 13.2. The molecule has 0 saturated carbocycles. The van der Waals surface area contributed by atoms with Crippen LogP contribution in [-0.4, -0.2) is 27.6 Å². The van der Waals surface area contributed by atoms with E-state index in [0.29, 0.717) is 11.3 Å². The van der Waals surface area contributed by atoms with Crippen LogP contribution in [0.15, 0.2) is 23.1 Å². The Morgan fingerprint density at radius 1 is 1.56 bits per heavy atom. The molecule has 7 heteroatoms. The highest BCUT2D eigenvalue weighted by atomic mass is 35.7. The first-order valence-corrected chi connectivity index (χ1v) is 7.62. The molecule has 1 aliphatic heterocycles. The van der Waals surface area contributed by atoms with Gasteiger partial charge >= 0.3 is 5.97 Å². The van der Waals surface area contributed by atoms with Crippen molar-refractivity contribution in [2.45, 2.75) is 17.7 Å². The molecule has 0 aromatic heterocycles. The standard InChI is InChI=1S/C11H11ClO5S/c1-2-16-11(13)9-6-17-10-4-3-7(5-8(9)10)18(12,14)15/h3-5,9H,2,6H2,1H3. The largest absolute Gasteiger partial charge is 0.492 e. The van der Waals surface area contributed by atoms with E-state index in [2.05, 4.69) is 0 Å². The van der Waals surface area contributed by atoms with Crippen LogP contribution >= 0.6 is 10.7 Å². The van der Waals surface area contributed by atoms with Gasteiger partial charge in [-0.05, 0) is 25.1 Å². The summed E-state index contributed by atoms with van der Waals surface area (Å²) in [6.45, 7) is 2.12. The Morgan fingerprint density at radius 2 is 2.28 bits per heavy atom. The van der Waals surface area contributed by atoms with E-state index in [0.717, 1.165) is 0 Å². The fraction of sp³-hybridized carbons (Fsp3) is 0.364. The molecule has 0 spiro atoms. The molecule has 98 valence electrons. The molecule has 0 aliphatic carbocycles. The summed E-state index contributed by atoms with van der Waals surface area (Å²) in [4.78, 5) is 11.6. The number of halogens is 1. The van der Waals surface area contributed by atoms with Gasteiger partial charge in [0.1, 0.15) is 18.3 Å². The van der Waals surface area contributed by atoms with Crippen molar-refractivity contribution in [1.29, 1.82) is 0 Å². The van der Waals surface area contributed by atoms with Gasteiger partial charge in [0.25, 0.3) is 9.05 Å². The third-order valence-electron chi connectivity index (χ3n) is 2.61. The summed E-state index contributed by atoms with van der Waals surface area (Å²) in [5, 5.41) is 0. The molecule has 0 fully saturated rings. The van der Waals surface area contributed by atoms with Crippen LogP contribution in [0.3, 0.4) is 0 Å². The van der Waals surface area contributed by atoms with E-state index in [4.69, 9.17) is 20.2 Å². The molecule has 1 aromatic rings. The minimum Gasteiger partial charge on any atom is -0.492 e. The number of hydrogen-bond acceptors (Lipinski definition) is 5. The molecule has 1 heterocycles. The summed E-state index contributed by atoms with van der Waals surface area (Å²) in [6.07, 6.45) is 0. The zero-order valence-electron chi connectivity index (χ0n) is 9.55. The van der Waals surface area contributed by atoms with Gasteiger partial charge in [0.15, 0.2) is 0 Å². The first-order valence-electron chi connectivity index (χ1n) is 5.31. The lowest BCUT2D eigenvalue weighted by molar-refractivity contribution is -0.145. The topological polar surface area (TPSA) is 69.7 Å². The van der Waals surface area contributed by atoms with Crippen molar-refractivity contribution in [2.75, 3.05) is 13.2 Å². The molecular formula is C11H11ClO5S. The lowest BCUT2D eigenvalue weighted by atomic mass is 10.0. The van der Waals surface area contributed by atoms with E-state index in [1.165, 1.54) is 18.2 Å². The van der Waals surface area contributed by atoms with Crippen molar-refractivity contribution >= 4 is 25.7 Å². The third-order valence-corrected chi connectivity index (χ3v) is 3.97. The summed E-state index contributed by atoms with van der Waals surface area (Å²) < 4.78 is 32.7. The van der Waals surface area contributed by atoms with Crippen molar-refractivity contribution in [3.05, 3.63) is 23.8 Å². The highest BCUT2D eigenvalue weighted by molar-refractivity contribution is 8.13. The number of carbonyl (C=O) groups excluding carboxylic acids is 1. The zero-order chi connectivity index (χ0) is 13.3. The highest BCUT2D eigenvalue weighted by Gasteiger charge is 2.32. The van der Waals surface area contributed by atoms with Crippen LogP contribution in [0.5, 0.6) is 5.75 Å². The fourth-order valence-electron chi connectivity index (χ4n) is 1.78. The van der Waals surface area contributed by atoms with E-state index < -0.39 is 20.9 Å². The summed E-state index contributed by atoms with van der Waals surface area (Å²) >= 11 is 0. The van der Waals surface area contributed by atoms with Crippen molar-refractivity contribution in [3.63, 3.8) is 0 Å². The minimum absolute atomic E-state index is 0.0530. The monoisotopic (exact) mass is 290 g/mol. The molecule has 5 nitrogen and oxygen atoms in total. The van der Waals surface area contributed by atoms with E-state index in [1.807, 2.05) is 0 Å². The average molecular weight is 291 g/mol. The molecular weight excluding hydrogens is 280 g/mol. The molecule has 0 N–H and O–H groups in total. The molecule has 1 aromatic carbocycles. The molecule has 18 heavy (non-hydrogen) atoms. The molecule has 0 radical (unpaired) electrons. The van der Waals surface area contributed by atoms with Gasteiger partial charge in [-0.3, -0.25) is 4.79 Å². The number of esters is 1.